The maximum atomic E-state index is 14.6. The highest BCUT2D eigenvalue weighted by Gasteiger charge is 2.50. The van der Waals surface area contributed by atoms with E-state index in [2.05, 4.69) is 10.2 Å². The van der Waals surface area contributed by atoms with Crippen molar-refractivity contribution in [3.63, 3.8) is 0 Å². The lowest BCUT2D eigenvalue weighted by molar-refractivity contribution is 0.0136. The van der Waals surface area contributed by atoms with Crippen molar-refractivity contribution in [3.8, 4) is 11.5 Å². The van der Waals surface area contributed by atoms with Crippen LogP contribution in [-0.4, -0.2) is 54.4 Å². The van der Waals surface area contributed by atoms with E-state index in [1.807, 2.05) is 42.5 Å². The van der Waals surface area contributed by atoms with Crippen LogP contribution in [0, 0.1) is 5.82 Å². The highest BCUT2D eigenvalue weighted by atomic mass is 19.1. The van der Waals surface area contributed by atoms with Crippen LogP contribution in [0.4, 0.5) is 9.18 Å². The van der Waals surface area contributed by atoms with Crippen molar-refractivity contribution in [2.75, 3.05) is 32.6 Å². The van der Waals surface area contributed by atoms with Gasteiger partial charge in [-0.25, -0.2) is 9.18 Å². The summed E-state index contributed by atoms with van der Waals surface area (Å²) >= 11 is 0. The van der Waals surface area contributed by atoms with E-state index in [0.717, 1.165) is 18.2 Å². The second-order valence-electron chi connectivity index (χ2n) is 9.35. The topological polar surface area (TPSA) is 108 Å². The third-order valence-electron chi connectivity index (χ3n) is 6.79. The van der Waals surface area contributed by atoms with Crippen LogP contribution in [0.2, 0.25) is 0 Å². The second kappa shape index (κ2) is 11.5. The summed E-state index contributed by atoms with van der Waals surface area (Å²) in [6.45, 7) is -0.307. The van der Waals surface area contributed by atoms with E-state index in [1.54, 1.807) is 17.0 Å². The lowest BCUT2D eigenvalue weighted by Gasteiger charge is -2.36. The van der Waals surface area contributed by atoms with Gasteiger partial charge in [-0.3, -0.25) is 14.3 Å². The summed E-state index contributed by atoms with van der Waals surface area (Å²) in [4.78, 5) is 38.9. The number of halogens is 1. The van der Waals surface area contributed by atoms with Gasteiger partial charge >= 0.3 is 6.16 Å². The van der Waals surface area contributed by atoms with Gasteiger partial charge < -0.3 is 29.3 Å². The molecule has 2 aliphatic rings. The van der Waals surface area contributed by atoms with Crippen LogP contribution in [0.5, 0.6) is 11.5 Å². The van der Waals surface area contributed by atoms with Crippen molar-refractivity contribution < 1.29 is 32.9 Å². The molecule has 1 fully saturated rings. The van der Waals surface area contributed by atoms with E-state index in [0.29, 0.717) is 19.3 Å². The van der Waals surface area contributed by atoms with Crippen LogP contribution in [0.15, 0.2) is 77.7 Å². The van der Waals surface area contributed by atoms with E-state index >= 15 is 0 Å². The predicted octanol–water partition coefficient (Wildman–Crippen LogP) is 3.82. The zero-order valence-corrected chi connectivity index (χ0v) is 21.8. The molecule has 3 aromatic rings. The average Bonchev–Trinajstić information content (AvgIpc) is 3.74. The first-order valence-electron chi connectivity index (χ1n) is 12.7. The van der Waals surface area contributed by atoms with E-state index in [-0.39, 0.29) is 30.5 Å². The Morgan fingerprint density at radius 1 is 1.05 bits per heavy atom. The van der Waals surface area contributed by atoms with Crippen molar-refractivity contribution >= 4 is 12.1 Å². The van der Waals surface area contributed by atoms with E-state index < -0.39 is 35.6 Å². The number of carbonyl (C=O) groups is 2. The molecule has 11 heteroatoms. The number of nitrogens with one attached hydrogen (secondary N) is 1. The molecule has 1 aliphatic heterocycles. The highest BCUT2D eigenvalue weighted by molar-refractivity contribution is 5.97. The standard InChI is InChI=1S/C29H28FN3O7/c1-37-28(36)40-19-39-26-23(34)11-15-33-24(26)27(35)32(18-31-33)29(13-14-29)12-6-16-38-25-21(9-5-10-22(25)30)17-20-7-3-2-4-8-20/h2-12,15,31H,13-14,16-19H2,1H3/b12-6+. The molecule has 1 aromatic heterocycles. The smallest absolute Gasteiger partial charge is 0.486 e. The first kappa shape index (κ1) is 26.8. The molecule has 0 atom stereocenters. The van der Waals surface area contributed by atoms with Gasteiger partial charge in [0.15, 0.2) is 17.3 Å². The van der Waals surface area contributed by atoms with Crippen LogP contribution in [0.25, 0.3) is 0 Å². The van der Waals surface area contributed by atoms with E-state index in [4.69, 9.17) is 14.2 Å². The summed E-state index contributed by atoms with van der Waals surface area (Å²) in [6, 6.07) is 15.9. The number of para-hydroxylation sites is 1. The van der Waals surface area contributed by atoms with Gasteiger partial charge in [-0.15, -0.1) is 0 Å². The molecular formula is C29H28FN3O7. The van der Waals surface area contributed by atoms with Crippen LogP contribution in [-0.2, 0) is 15.9 Å². The molecule has 1 aliphatic carbocycles. The lowest BCUT2D eigenvalue weighted by Crippen LogP contribution is -2.52. The molecule has 10 nitrogen and oxygen atoms in total. The quantitative estimate of drug-likeness (QED) is 0.231. The second-order valence-corrected chi connectivity index (χ2v) is 9.35. The number of benzene rings is 2. The molecule has 1 saturated carbocycles. The number of amides is 1. The Balaban J connectivity index is 1.28. The summed E-state index contributed by atoms with van der Waals surface area (Å²) in [5, 5.41) is 0. The third kappa shape index (κ3) is 5.63. The zero-order chi connectivity index (χ0) is 28.1. The van der Waals surface area contributed by atoms with Crippen LogP contribution in [0.3, 0.4) is 0 Å². The molecule has 0 saturated heterocycles. The highest BCUT2D eigenvalue weighted by Crippen LogP contribution is 2.44. The van der Waals surface area contributed by atoms with Gasteiger partial charge in [0.2, 0.25) is 18.0 Å². The van der Waals surface area contributed by atoms with Gasteiger partial charge in [-0.1, -0.05) is 48.5 Å². The Morgan fingerprint density at radius 3 is 2.60 bits per heavy atom. The normalized spacial score (nSPS) is 15.2. The molecule has 0 bridgehead atoms. The fourth-order valence-electron chi connectivity index (χ4n) is 4.62. The van der Waals surface area contributed by atoms with Crippen molar-refractivity contribution in [1.82, 2.24) is 9.58 Å². The minimum Gasteiger partial charge on any atom is -0.486 e. The van der Waals surface area contributed by atoms with Crippen LogP contribution < -0.4 is 20.3 Å². The number of pyridine rings is 1. The maximum Gasteiger partial charge on any atom is 0.510 e. The molecule has 0 unspecified atom stereocenters. The van der Waals surface area contributed by atoms with Gasteiger partial charge in [0.05, 0.1) is 12.6 Å². The fourth-order valence-corrected chi connectivity index (χ4v) is 4.62. The fraction of sp³-hybridized carbons (Fsp3) is 0.276. The predicted molar refractivity (Wildman–Crippen MR) is 142 cm³/mol. The number of rotatable bonds is 10. The minimum atomic E-state index is -0.983. The first-order chi connectivity index (χ1) is 19.4. The molecule has 208 valence electrons. The largest absolute Gasteiger partial charge is 0.510 e. The van der Waals surface area contributed by atoms with E-state index in [1.165, 1.54) is 23.0 Å². The lowest BCUT2D eigenvalue weighted by atomic mass is 10.0. The van der Waals surface area contributed by atoms with Crippen LogP contribution >= 0.6 is 0 Å². The van der Waals surface area contributed by atoms with Gasteiger partial charge in [-0.2, -0.15) is 0 Å². The van der Waals surface area contributed by atoms with Gasteiger partial charge in [0.1, 0.15) is 13.3 Å². The Labute approximate surface area is 229 Å². The van der Waals surface area contributed by atoms with E-state index in [9.17, 15) is 18.8 Å². The summed E-state index contributed by atoms with van der Waals surface area (Å²) in [6.07, 6.45) is 6.04. The minimum absolute atomic E-state index is 0.0138. The van der Waals surface area contributed by atoms with Crippen molar-refractivity contribution in [1.29, 1.82) is 0 Å². The maximum absolute atomic E-state index is 14.6. The first-order valence-corrected chi connectivity index (χ1v) is 12.7. The SMILES string of the molecule is COC(=O)OCOc1c2n(ccc1=O)NCN(C1(/C=C/COc3c(F)cccc3Cc3ccccc3)CC1)C2=O. The molecule has 2 heterocycles. The molecule has 1 amide bonds. The number of ether oxygens (including phenoxy) is 4. The number of nitrogens with zero attached hydrogens (tertiary/aromatic N) is 2. The molecular weight excluding hydrogens is 521 g/mol. The summed E-state index contributed by atoms with van der Waals surface area (Å²) in [7, 11) is 1.14. The number of hydrogen-bond donors (Lipinski definition) is 1. The number of methoxy groups -OCH3 is 1. The monoisotopic (exact) mass is 549 g/mol. The average molecular weight is 550 g/mol. The third-order valence-corrected chi connectivity index (χ3v) is 6.79. The zero-order valence-electron chi connectivity index (χ0n) is 21.8. The van der Waals surface area contributed by atoms with Crippen molar-refractivity contribution in [2.45, 2.75) is 24.8 Å². The van der Waals surface area contributed by atoms with Crippen molar-refractivity contribution in [2.24, 2.45) is 0 Å². The summed E-state index contributed by atoms with van der Waals surface area (Å²) < 4.78 is 36.3. The molecule has 0 spiro atoms. The van der Waals surface area contributed by atoms with Gasteiger partial charge in [0, 0.05) is 24.2 Å². The Hall–Kier alpha value is -4.80. The van der Waals surface area contributed by atoms with Crippen molar-refractivity contribution in [3.05, 3.63) is 106 Å². The Morgan fingerprint density at radius 2 is 1.85 bits per heavy atom. The molecule has 5 rings (SSSR count). The summed E-state index contributed by atoms with van der Waals surface area (Å²) in [5.74, 6) is -0.918. The molecule has 2 aromatic carbocycles. The number of hydrogen-bond acceptors (Lipinski definition) is 8. The van der Waals surface area contributed by atoms with Crippen LogP contribution in [0.1, 0.15) is 34.5 Å². The van der Waals surface area contributed by atoms with Gasteiger partial charge in [-0.05, 0) is 30.5 Å². The molecule has 40 heavy (non-hydrogen) atoms. The van der Waals surface area contributed by atoms with Gasteiger partial charge in [0.25, 0.3) is 5.91 Å². The number of aromatic nitrogens is 1. The Bertz CT molecular complexity index is 1480. The Kier molecular flexibility index (Phi) is 7.72. The number of carbonyl (C=O) groups excluding carboxylic acids is 2. The number of fused-ring (bicyclic) bond motifs is 1. The summed E-state index contributed by atoms with van der Waals surface area (Å²) in [5.41, 5.74) is 3.71. The molecule has 1 N–H and O–H groups in total. The molecule has 0 radical (unpaired) electrons.